The summed E-state index contributed by atoms with van der Waals surface area (Å²) in [7, 11) is 0. The minimum Gasteiger partial charge on any atom is -0.477 e. The van der Waals surface area contributed by atoms with E-state index in [9.17, 15) is 13.6 Å². The molecule has 100 valence electrons. The van der Waals surface area contributed by atoms with Gasteiger partial charge in [-0.3, -0.25) is 0 Å². The van der Waals surface area contributed by atoms with Crippen LogP contribution in [0, 0.1) is 11.6 Å². The quantitative estimate of drug-likeness (QED) is 0.779. The Balaban J connectivity index is 2.29. The third kappa shape index (κ3) is 1.80. The van der Waals surface area contributed by atoms with E-state index in [0.717, 1.165) is 18.3 Å². The van der Waals surface area contributed by atoms with Gasteiger partial charge in [-0.15, -0.1) is 0 Å². The highest BCUT2D eigenvalue weighted by Gasteiger charge is 2.16. The second-order valence-corrected chi connectivity index (χ2v) is 4.05. The molecular formula is C13H7F2N3O2. The van der Waals surface area contributed by atoms with E-state index in [0.29, 0.717) is 5.69 Å². The van der Waals surface area contributed by atoms with Crippen molar-refractivity contribution in [1.29, 1.82) is 0 Å². The first-order valence-electron chi connectivity index (χ1n) is 5.59. The number of carboxylic acids is 1. The highest BCUT2D eigenvalue weighted by molar-refractivity contribution is 5.94. The van der Waals surface area contributed by atoms with E-state index < -0.39 is 17.6 Å². The third-order valence-electron chi connectivity index (χ3n) is 2.84. The number of carboxylic acid groups (broad SMARTS) is 1. The number of hydrogen-bond acceptors (Lipinski definition) is 3. The lowest BCUT2D eigenvalue weighted by atomic mass is 10.1. The molecule has 2 heterocycles. The maximum absolute atomic E-state index is 13.8. The predicted octanol–water partition coefficient (Wildman–Crippen LogP) is 2.37. The first kappa shape index (κ1) is 12.2. The van der Waals surface area contributed by atoms with Crippen molar-refractivity contribution in [2.45, 2.75) is 0 Å². The molecule has 1 aromatic carbocycles. The van der Waals surface area contributed by atoms with Crippen LogP contribution in [0.3, 0.4) is 0 Å². The Bertz CT molecular complexity index is 830. The van der Waals surface area contributed by atoms with E-state index in [-0.39, 0.29) is 16.8 Å². The Morgan fingerprint density at radius 1 is 1.25 bits per heavy atom. The summed E-state index contributed by atoms with van der Waals surface area (Å²) in [5, 5.41) is 12.9. The van der Waals surface area contributed by atoms with Gasteiger partial charge in [0.25, 0.3) is 0 Å². The Morgan fingerprint density at radius 3 is 2.75 bits per heavy atom. The summed E-state index contributed by atoms with van der Waals surface area (Å²) in [6, 6.07) is 4.61. The summed E-state index contributed by atoms with van der Waals surface area (Å²) in [5.74, 6) is -2.63. The molecule has 2 aromatic heterocycles. The van der Waals surface area contributed by atoms with Gasteiger partial charge >= 0.3 is 5.97 Å². The SMILES string of the molecule is O=C(O)c1cnn2c(-c3ccc(F)cc3F)ccnc12. The van der Waals surface area contributed by atoms with Crippen molar-refractivity contribution >= 4 is 11.6 Å². The summed E-state index contributed by atoms with van der Waals surface area (Å²) in [6.45, 7) is 0. The van der Waals surface area contributed by atoms with Gasteiger partial charge in [0.05, 0.1) is 11.9 Å². The third-order valence-corrected chi connectivity index (χ3v) is 2.84. The summed E-state index contributed by atoms with van der Waals surface area (Å²) in [6.07, 6.45) is 2.48. The normalized spacial score (nSPS) is 10.9. The highest BCUT2D eigenvalue weighted by Crippen LogP contribution is 2.24. The van der Waals surface area contributed by atoms with Crippen molar-refractivity contribution in [3.05, 3.63) is 53.9 Å². The Morgan fingerprint density at radius 2 is 2.05 bits per heavy atom. The van der Waals surface area contributed by atoms with Gasteiger partial charge in [-0.1, -0.05) is 0 Å². The van der Waals surface area contributed by atoms with Crippen molar-refractivity contribution in [3.63, 3.8) is 0 Å². The van der Waals surface area contributed by atoms with Crippen LogP contribution in [0.2, 0.25) is 0 Å². The van der Waals surface area contributed by atoms with Gasteiger partial charge in [0, 0.05) is 17.8 Å². The molecule has 0 saturated carbocycles. The van der Waals surface area contributed by atoms with Crippen LogP contribution in [-0.4, -0.2) is 25.7 Å². The largest absolute Gasteiger partial charge is 0.477 e. The molecule has 0 bridgehead atoms. The average molecular weight is 275 g/mol. The number of aromatic carboxylic acids is 1. The van der Waals surface area contributed by atoms with Crippen molar-refractivity contribution in [1.82, 2.24) is 14.6 Å². The fourth-order valence-corrected chi connectivity index (χ4v) is 1.94. The Kier molecular flexibility index (Phi) is 2.67. The van der Waals surface area contributed by atoms with Crippen LogP contribution >= 0.6 is 0 Å². The van der Waals surface area contributed by atoms with Crippen LogP contribution in [0.25, 0.3) is 16.9 Å². The molecule has 0 aliphatic rings. The fraction of sp³-hybridized carbons (Fsp3) is 0. The molecule has 0 atom stereocenters. The van der Waals surface area contributed by atoms with Gasteiger partial charge in [-0.2, -0.15) is 5.10 Å². The number of hydrogen-bond donors (Lipinski definition) is 1. The monoisotopic (exact) mass is 275 g/mol. The topological polar surface area (TPSA) is 67.5 Å². The van der Waals surface area contributed by atoms with Gasteiger partial charge in [0.2, 0.25) is 0 Å². The smallest absolute Gasteiger partial charge is 0.341 e. The standard InChI is InChI=1S/C13H7F2N3O2/c14-7-1-2-8(10(15)5-7)11-3-4-16-12-9(13(19)20)6-17-18(11)12/h1-6H,(H,19,20). The molecule has 0 saturated heterocycles. The van der Waals surface area contributed by atoms with Crippen LogP contribution < -0.4 is 0 Å². The first-order valence-corrected chi connectivity index (χ1v) is 5.59. The minimum absolute atomic E-state index is 0.0885. The number of rotatable bonds is 2. The van der Waals surface area contributed by atoms with Crippen LogP contribution in [0.5, 0.6) is 0 Å². The molecule has 5 nitrogen and oxygen atoms in total. The van der Waals surface area contributed by atoms with E-state index in [1.807, 2.05) is 0 Å². The lowest BCUT2D eigenvalue weighted by Gasteiger charge is -2.06. The molecule has 3 aromatic rings. The number of carbonyl (C=O) groups is 1. The molecule has 0 fully saturated rings. The molecule has 0 amide bonds. The number of benzene rings is 1. The first-order chi connectivity index (χ1) is 9.58. The highest BCUT2D eigenvalue weighted by atomic mass is 19.1. The molecule has 20 heavy (non-hydrogen) atoms. The molecule has 3 rings (SSSR count). The maximum atomic E-state index is 13.8. The second-order valence-electron chi connectivity index (χ2n) is 4.05. The van der Waals surface area contributed by atoms with Gasteiger partial charge in [0.1, 0.15) is 17.2 Å². The van der Waals surface area contributed by atoms with Crippen LogP contribution in [0.4, 0.5) is 8.78 Å². The van der Waals surface area contributed by atoms with Crippen molar-refractivity contribution in [3.8, 4) is 11.3 Å². The average Bonchev–Trinajstić information content (AvgIpc) is 2.82. The van der Waals surface area contributed by atoms with Crippen molar-refractivity contribution < 1.29 is 18.7 Å². The molecule has 0 unspecified atom stereocenters. The van der Waals surface area contributed by atoms with Crippen LogP contribution in [0.1, 0.15) is 10.4 Å². The van der Waals surface area contributed by atoms with Gasteiger partial charge < -0.3 is 5.11 Å². The van der Waals surface area contributed by atoms with E-state index >= 15 is 0 Å². The molecule has 1 N–H and O–H groups in total. The summed E-state index contributed by atoms with van der Waals surface area (Å²) >= 11 is 0. The Labute approximate surface area is 111 Å². The molecule has 0 aliphatic carbocycles. The number of nitrogens with zero attached hydrogens (tertiary/aromatic N) is 3. The van der Waals surface area contributed by atoms with Gasteiger partial charge in [-0.25, -0.2) is 23.1 Å². The zero-order valence-electron chi connectivity index (χ0n) is 9.92. The predicted molar refractivity (Wildman–Crippen MR) is 65.3 cm³/mol. The van der Waals surface area contributed by atoms with E-state index in [1.54, 1.807) is 0 Å². The van der Waals surface area contributed by atoms with Crippen LogP contribution in [-0.2, 0) is 0 Å². The maximum Gasteiger partial charge on any atom is 0.341 e. The lowest BCUT2D eigenvalue weighted by Crippen LogP contribution is -2.00. The lowest BCUT2D eigenvalue weighted by molar-refractivity contribution is 0.0699. The van der Waals surface area contributed by atoms with E-state index in [4.69, 9.17) is 5.11 Å². The molecule has 0 spiro atoms. The van der Waals surface area contributed by atoms with Gasteiger partial charge in [0.15, 0.2) is 5.65 Å². The summed E-state index contributed by atoms with van der Waals surface area (Å²) < 4.78 is 28.0. The summed E-state index contributed by atoms with van der Waals surface area (Å²) in [5.41, 5.74) is 0.409. The zero-order valence-corrected chi connectivity index (χ0v) is 9.92. The zero-order chi connectivity index (χ0) is 14.3. The molecule has 0 aliphatic heterocycles. The van der Waals surface area contributed by atoms with Crippen molar-refractivity contribution in [2.75, 3.05) is 0 Å². The van der Waals surface area contributed by atoms with E-state index in [2.05, 4.69) is 10.1 Å². The summed E-state index contributed by atoms with van der Waals surface area (Å²) in [4.78, 5) is 14.9. The second kappa shape index (κ2) is 4.37. The molecule has 0 radical (unpaired) electrons. The number of aromatic nitrogens is 3. The minimum atomic E-state index is -1.18. The van der Waals surface area contributed by atoms with Crippen molar-refractivity contribution in [2.24, 2.45) is 0 Å². The van der Waals surface area contributed by atoms with Gasteiger partial charge in [-0.05, 0) is 18.2 Å². The Hall–Kier alpha value is -2.83. The molecular weight excluding hydrogens is 268 g/mol. The molecule has 7 heteroatoms. The van der Waals surface area contributed by atoms with Crippen LogP contribution in [0.15, 0.2) is 36.7 Å². The number of halogens is 2. The van der Waals surface area contributed by atoms with E-state index in [1.165, 1.54) is 22.8 Å². The number of fused-ring (bicyclic) bond motifs is 1. The fourth-order valence-electron chi connectivity index (χ4n) is 1.94.